The van der Waals surface area contributed by atoms with E-state index in [4.69, 9.17) is 4.74 Å². The summed E-state index contributed by atoms with van der Waals surface area (Å²) in [5.41, 5.74) is 3.90. The van der Waals surface area contributed by atoms with Crippen LogP contribution in [0.2, 0.25) is 0 Å². The summed E-state index contributed by atoms with van der Waals surface area (Å²) >= 11 is 0. The lowest BCUT2D eigenvalue weighted by molar-refractivity contribution is -0.117. The molecule has 1 N–H and O–H groups in total. The van der Waals surface area contributed by atoms with Crippen LogP contribution < -0.4 is 10.9 Å². The van der Waals surface area contributed by atoms with Crippen LogP contribution in [0.15, 0.2) is 58.2 Å². The molecule has 4 rings (SSSR count). The van der Waals surface area contributed by atoms with Gasteiger partial charge >= 0.3 is 0 Å². The van der Waals surface area contributed by atoms with Crippen molar-refractivity contribution in [2.45, 2.75) is 32.2 Å². The highest BCUT2D eigenvalue weighted by atomic mass is 32.2. The Morgan fingerprint density at radius 3 is 2.40 bits per heavy atom. The number of aryl methyl sites for hydroxylation is 3. The van der Waals surface area contributed by atoms with Crippen LogP contribution in [0.3, 0.4) is 0 Å². The number of carbonyl (C=O) groups is 1. The summed E-state index contributed by atoms with van der Waals surface area (Å²) in [5, 5.41) is 7.12. The molecule has 0 atom stereocenters. The topological polar surface area (TPSA) is 111 Å². The third-order valence-corrected chi connectivity index (χ3v) is 8.06. The Hall–Kier alpha value is -3.34. The van der Waals surface area contributed by atoms with Gasteiger partial charge in [-0.3, -0.25) is 9.59 Å². The minimum Gasteiger partial charge on any atom is -0.379 e. The van der Waals surface area contributed by atoms with Crippen LogP contribution in [0, 0.1) is 20.8 Å². The fraction of sp³-hybridized carbons (Fsp3) is 0.320. The summed E-state index contributed by atoms with van der Waals surface area (Å²) in [7, 11) is -3.71. The van der Waals surface area contributed by atoms with E-state index in [2.05, 4.69) is 10.4 Å². The van der Waals surface area contributed by atoms with E-state index in [1.807, 2.05) is 26.0 Å². The van der Waals surface area contributed by atoms with Crippen LogP contribution in [-0.2, 0) is 26.1 Å². The van der Waals surface area contributed by atoms with Gasteiger partial charge in [-0.15, -0.1) is 0 Å². The number of amides is 1. The van der Waals surface area contributed by atoms with Crippen LogP contribution in [-0.4, -0.2) is 54.7 Å². The van der Waals surface area contributed by atoms with E-state index in [-0.39, 0.29) is 17.3 Å². The summed E-state index contributed by atoms with van der Waals surface area (Å²) in [6.07, 6.45) is 0. The van der Waals surface area contributed by atoms with E-state index in [9.17, 15) is 18.0 Å². The van der Waals surface area contributed by atoms with Gasteiger partial charge in [0.05, 0.1) is 23.8 Å². The zero-order chi connectivity index (χ0) is 25.2. The van der Waals surface area contributed by atoms with Crippen molar-refractivity contribution in [2.75, 3.05) is 31.6 Å². The van der Waals surface area contributed by atoms with Crippen molar-refractivity contribution in [3.8, 4) is 11.3 Å². The number of hydrogen-bond acceptors (Lipinski definition) is 6. The van der Waals surface area contributed by atoms with Gasteiger partial charge in [-0.25, -0.2) is 13.1 Å². The minimum absolute atomic E-state index is 0.184. The normalized spacial score (nSPS) is 14.6. The molecular weight excluding hydrogens is 468 g/mol. The average molecular weight is 497 g/mol. The van der Waals surface area contributed by atoms with Gasteiger partial charge in [-0.2, -0.15) is 9.40 Å². The van der Waals surface area contributed by atoms with Crippen LogP contribution >= 0.6 is 0 Å². The van der Waals surface area contributed by atoms with Gasteiger partial charge in [0.25, 0.3) is 5.56 Å². The molecule has 9 nitrogen and oxygen atoms in total. The van der Waals surface area contributed by atoms with Crippen molar-refractivity contribution < 1.29 is 17.9 Å². The molecule has 0 unspecified atom stereocenters. The third kappa shape index (κ3) is 5.50. The van der Waals surface area contributed by atoms with Gasteiger partial charge < -0.3 is 10.1 Å². The van der Waals surface area contributed by atoms with Crippen molar-refractivity contribution >= 4 is 21.6 Å². The maximum absolute atomic E-state index is 13.2. The molecule has 2 aromatic carbocycles. The molecule has 1 aliphatic rings. The first-order chi connectivity index (χ1) is 16.6. The first-order valence-electron chi connectivity index (χ1n) is 11.3. The summed E-state index contributed by atoms with van der Waals surface area (Å²) in [4.78, 5) is 25.1. The predicted octanol–water partition coefficient (Wildman–Crippen LogP) is 2.50. The molecule has 10 heteroatoms. The summed E-state index contributed by atoms with van der Waals surface area (Å²) in [6, 6.07) is 13.4. The Labute approximate surface area is 204 Å². The van der Waals surface area contributed by atoms with Crippen LogP contribution in [0.5, 0.6) is 0 Å². The smallest absolute Gasteiger partial charge is 0.267 e. The third-order valence-electron chi connectivity index (χ3n) is 6.02. The lowest BCUT2D eigenvalue weighted by atomic mass is 10.1. The number of sulfonamides is 1. The summed E-state index contributed by atoms with van der Waals surface area (Å²) < 4.78 is 34.2. The number of anilines is 1. The zero-order valence-electron chi connectivity index (χ0n) is 19.9. The molecular formula is C25H28N4O5S. The lowest BCUT2D eigenvalue weighted by Gasteiger charge is -2.26. The molecule has 1 aromatic heterocycles. The number of nitrogens with one attached hydrogen (secondary N) is 1. The number of hydrogen-bond donors (Lipinski definition) is 1. The number of nitrogens with zero attached hydrogens (tertiary/aromatic N) is 3. The fourth-order valence-corrected chi connectivity index (χ4v) is 5.49. The van der Waals surface area contributed by atoms with Crippen LogP contribution in [0.25, 0.3) is 11.3 Å². The molecule has 1 amide bonds. The van der Waals surface area contributed by atoms with Crippen LogP contribution in [0.4, 0.5) is 5.69 Å². The Morgan fingerprint density at radius 2 is 1.69 bits per heavy atom. The SMILES string of the molecule is Cc1ccc(NC(=O)Cn2nc(-c3ccc(C)c(S(=O)(=O)N4CCOCC4)c3)ccc2=O)cc1C. The largest absolute Gasteiger partial charge is 0.379 e. The predicted molar refractivity (Wildman–Crippen MR) is 133 cm³/mol. The van der Waals surface area contributed by atoms with Crippen molar-refractivity contribution in [3.05, 3.63) is 75.6 Å². The zero-order valence-corrected chi connectivity index (χ0v) is 20.8. The fourth-order valence-electron chi connectivity index (χ4n) is 3.84. The number of morpholine rings is 1. The van der Waals surface area contributed by atoms with E-state index in [1.54, 1.807) is 31.2 Å². The molecule has 2 heterocycles. The van der Waals surface area contributed by atoms with Gasteiger partial charge in [-0.05, 0) is 61.7 Å². The average Bonchev–Trinajstić information content (AvgIpc) is 2.83. The number of carbonyl (C=O) groups excluding carboxylic acids is 1. The monoisotopic (exact) mass is 496 g/mol. The van der Waals surface area contributed by atoms with Crippen molar-refractivity contribution in [3.63, 3.8) is 0 Å². The number of ether oxygens (including phenoxy) is 1. The first-order valence-corrected chi connectivity index (χ1v) is 12.7. The quantitative estimate of drug-likeness (QED) is 0.561. The molecule has 0 bridgehead atoms. The van der Waals surface area contributed by atoms with E-state index in [0.717, 1.165) is 15.8 Å². The molecule has 0 spiro atoms. The summed E-state index contributed by atoms with van der Waals surface area (Å²) in [6.45, 7) is 6.71. The Morgan fingerprint density at radius 1 is 0.971 bits per heavy atom. The van der Waals surface area contributed by atoms with Gasteiger partial charge in [0, 0.05) is 30.4 Å². The molecule has 1 fully saturated rings. The molecule has 35 heavy (non-hydrogen) atoms. The maximum atomic E-state index is 13.2. The number of rotatable bonds is 6. The lowest BCUT2D eigenvalue weighted by Crippen LogP contribution is -2.40. The molecule has 0 aliphatic carbocycles. The minimum atomic E-state index is -3.71. The van der Waals surface area contributed by atoms with E-state index in [0.29, 0.717) is 48.8 Å². The second kappa shape index (κ2) is 10.1. The van der Waals surface area contributed by atoms with Crippen molar-refractivity contribution in [1.82, 2.24) is 14.1 Å². The molecule has 0 radical (unpaired) electrons. The number of benzene rings is 2. The standard InChI is InChI=1S/C25H28N4O5S/c1-17-5-7-21(14-19(17)3)26-24(30)16-29-25(31)9-8-22(27-29)20-6-4-18(2)23(15-20)35(32,33)28-10-12-34-13-11-28/h4-9,14-15H,10-13,16H2,1-3H3,(H,26,30). The highest BCUT2D eigenvalue weighted by Gasteiger charge is 2.28. The van der Waals surface area contributed by atoms with Gasteiger partial charge in [0.1, 0.15) is 6.54 Å². The Kier molecular flexibility index (Phi) is 7.15. The van der Waals surface area contributed by atoms with E-state index in [1.165, 1.54) is 16.4 Å². The van der Waals surface area contributed by atoms with Gasteiger partial charge in [0.15, 0.2) is 0 Å². The molecule has 1 aliphatic heterocycles. The maximum Gasteiger partial charge on any atom is 0.267 e. The molecule has 184 valence electrons. The van der Waals surface area contributed by atoms with Crippen molar-refractivity contribution in [1.29, 1.82) is 0 Å². The molecule has 3 aromatic rings. The van der Waals surface area contributed by atoms with Gasteiger partial charge in [0.2, 0.25) is 15.9 Å². The molecule has 0 saturated carbocycles. The highest BCUT2D eigenvalue weighted by Crippen LogP contribution is 2.26. The van der Waals surface area contributed by atoms with Gasteiger partial charge in [-0.1, -0.05) is 18.2 Å². The number of aromatic nitrogens is 2. The highest BCUT2D eigenvalue weighted by molar-refractivity contribution is 7.89. The van der Waals surface area contributed by atoms with E-state index < -0.39 is 15.6 Å². The first kappa shape index (κ1) is 24.8. The second-order valence-corrected chi connectivity index (χ2v) is 10.5. The molecule has 1 saturated heterocycles. The van der Waals surface area contributed by atoms with E-state index >= 15 is 0 Å². The van der Waals surface area contributed by atoms with Crippen molar-refractivity contribution in [2.24, 2.45) is 0 Å². The second-order valence-electron chi connectivity index (χ2n) is 8.56. The summed E-state index contributed by atoms with van der Waals surface area (Å²) in [5.74, 6) is -0.389. The Balaban J connectivity index is 1.59. The van der Waals surface area contributed by atoms with Crippen LogP contribution in [0.1, 0.15) is 16.7 Å². The Bertz CT molecular complexity index is 1430.